The number of fused-ring (bicyclic) bond motifs is 1. The van der Waals surface area contributed by atoms with Crippen LogP contribution in [0.4, 0.5) is 0 Å². The third-order valence-electron chi connectivity index (χ3n) is 3.40. The van der Waals surface area contributed by atoms with Crippen LogP contribution in [0.1, 0.15) is 34.3 Å². The lowest BCUT2D eigenvalue weighted by atomic mass is 10.1. The first-order valence-corrected chi connectivity index (χ1v) is 6.10. The number of nitrogens with two attached hydrogens (primary N) is 1. The highest BCUT2D eigenvalue weighted by Crippen LogP contribution is 2.34. The summed E-state index contributed by atoms with van der Waals surface area (Å²) in [6, 6.07) is 6.59. The van der Waals surface area contributed by atoms with Gasteiger partial charge in [-0.05, 0) is 30.0 Å². The molecule has 1 aromatic carbocycles. The summed E-state index contributed by atoms with van der Waals surface area (Å²) in [5, 5.41) is 0. The summed E-state index contributed by atoms with van der Waals surface area (Å²) in [4.78, 5) is 14.2. The first kappa shape index (κ1) is 10.5. The Kier molecular flexibility index (Phi) is 2.48. The van der Waals surface area contributed by atoms with E-state index in [-0.39, 0.29) is 5.91 Å². The van der Waals surface area contributed by atoms with Gasteiger partial charge in [-0.1, -0.05) is 24.3 Å². The summed E-state index contributed by atoms with van der Waals surface area (Å²) < 4.78 is 0. The maximum atomic E-state index is 12.2. The second-order valence-corrected chi connectivity index (χ2v) is 4.72. The molecule has 88 valence electrons. The van der Waals surface area contributed by atoms with Crippen LogP contribution < -0.4 is 5.73 Å². The first-order chi connectivity index (χ1) is 8.29. The van der Waals surface area contributed by atoms with Crippen molar-refractivity contribution in [2.75, 3.05) is 6.54 Å². The molecular formula is C14H16N2O. The number of benzene rings is 1. The zero-order chi connectivity index (χ0) is 11.8. The average molecular weight is 228 g/mol. The van der Waals surface area contributed by atoms with Gasteiger partial charge in [0.05, 0.1) is 0 Å². The molecule has 17 heavy (non-hydrogen) atoms. The molecule has 2 aliphatic rings. The molecule has 0 atom stereocenters. The van der Waals surface area contributed by atoms with E-state index in [1.165, 1.54) is 12.8 Å². The van der Waals surface area contributed by atoms with Gasteiger partial charge in [0.15, 0.2) is 0 Å². The Bertz CT molecular complexity index is 489. The van der Waals surface area contributed by atoms with Crippen molar-refractivity contribution < 1.29 is 4.79 Å². The van der Waals surface area contributed by atoms with Crippen LogP contribution in [0, 0.1) is 0 Å². The van der Waals surface area contributed by atoms with Crippen molar-refractivity contribution in [1.82, 2.24) is 4.90 Å². The number of carbonyl (C=O) groups is 1. The summed E-state index contributed by atoms with van der Waals surface area (Å²) in [6.07, 6.45) is 6.20. The third kappa shape index (κ3) is 1.87. The molecule has 3 nitrogen and oxygen atoms in total. The standard InChI is InChI=1S/C14H16N2O/c15-7-1-2-10-3-4-11-9-16(12-5-6-12)14(17)13(11)8-10/h1-4,8,12H,5-7,9,15H2/b2-1+. The van der Waals surface area contributed by atoms with E-state index in [4.69, 9.17) is 5.73 Å². The Morgan fingerprint density at radius 1 is 1.41 bits per heavy atom. The van der Waals surface area contributed by atoms with Crippen LogP contribution in [0.3, 0.4) is 0 Å². The third-order valence-corrected chi connectivity index (χ3v) is 3.40. The van der Waals surface area contributed by atoms with Crippen LogP contribution in [0.5, 0.6) is 0 Å². The molecule has 0 unspecified atom stereocenters. The molecule has 1 heterocycles. The van der Waals surface area contributed by atoms with E-state index in [0.29, 0.717) is 12.6 Å². The fourth-order valence-electron chi connectivity index (χ4n) is 2.33. The predicted molar refractivity (Wildman–Crippen MR) is 67.4 cm³/mol. The quantitative estimate of drug-likeness (QED) is 0.857. The number of rotatable bonds is 3. The smallest absolute Gasteiger partial charge is 0.254 e. The minimum Gasteiger partial charge on any atom is -0.331 e. The Balaban J connectivity index is 1.89. The molecule has 1 fully saturated rings. The number of hydrogen-bond donors (Lipinski definition) is 1. The SMILES string of the molecule is NC/C=C/c1ccc2c(c1)C(=O)N(C1CC1)C2. The van der Waals surface area contributed by atoms with Gasteiger partial charge >= 0.3 is 0 Å². The van der Waals surface area contributed by atoms with Crippen molar-refractivity contribution in [3.63, 3.8) is 0 Å². The Morgan fingerprint density at radius 3 is 2.94 bits per heavy atom. The monoisotopic (exact) mass is 228 g/mol. The summed E-state index contributed by atoms with van der Waals surface area (Å²) in [5.74, 6) is 0.200. The molecule has 1 aromatic rings. The van der Waals surface area contributed by atoms with Crippen LogP contribution in [0.15, 0.2) is 24.3 Å². The Morgan fingerprint density at radius 2 is 2.24 bits per heavy atom. The molecule has 3 heteroatoms. The molecule has 1 amide bonds. The molecule has 0 saturated heterocycles. The predicted octanol–water partition coefficient (Wildman–Crippen LogP) is 1.78. The lowest BCUT2D eigenvalue weighted by Crippen LogP contribution is -2.25. The zero-order valence-electron chi connectivity index (χ0n) is 9.73. The molecule has 1 aliphatic carbocycles. The number of carbonyl (C=O) groups excluding carboxylic acids is 1. The maximum Gasteiger partial charge on any atom is 0.254 e. The highest BCUT2D eigenvalue weighted by molar-refractivity contribution is 5.99. The van der Waals surface area contributed by atoms with E-state index in [1.807, 2.05) is 23.1 Å². The first-order valence-electron chi connectivity index (χ1n) is 6.10. The van der Waals surface area contributed by atoms with Gasteiger partial charge in [0, 0.05) is 24.7 Å². The summed E-state index contributed by atoms with van der Waals surface area (Å²) in [7, 11) is 0. The fourth-order valence-corrected chi connectivity index (χ4v) is 2.33. The maximum absolute atomic E-state index is 12.2. The Hall–Kier alpha value is -1.61. The largest absolute Gasteiger partial charge is 0.331 e. The second-order valence-electron chi connectivity index (χ2n) is 4.72. The minimum atomic E-state index is 0.200. The van der Waals surface area contributed by atoms with E-state index in [0.717, 1.165) is 23.2 Å². The second kappa shape index (κ2) is 4.00. The summed E-state index contributed by atoms with van der Waals surface area (Å²) in [5.41, 5.74) is 8.51. The van der Waals surface area contributed by atoms with E-state index in [1.54, 1.807) is 0 Å². The lowest BCUT2D eigenvalue weighted by molar-refractivity contribution is 0.0766. The van der Waals surface area contributed by atoms with Crippen molar-refractivity contribution in [1.29, 1.82) is 0 Å². The van der Waals surface area contributed by atoms with E-state index < -0.39 is 0 Å². The highest BCUT2D eigenvalue weighted by atomic mass is 16.2. The van der Waals surface area contributed by atoms with Crippen LogP contribution in [0.25, 0.3) is 6.08 Å². The van der Waals surface area contributed by atoms with Gasteiger partial charge in [0.2, 0.25) is 0 Å². The van der Waals surface area contributed by atoms with Gasteiger partial charge in [0.1, 0.15) is 0 Å². The van der Waals surface area contributed by atoms with Gasteiger partial charge in [-0.3, -0.25) is 4.79 Å². The van der Waals surface area contributed by atoms with Crippen molar-refractivity contribution in [3.8, 4) is 0 Å². The van der Waals surface area contributed by atoms with E-state index >= 15 is 0 Å². The molecule has 0 radical (unpaired) electrons. The van der Waals surface area contributed by atoms with E-state index in [2.05, 4.69) is 12.1 Å². The van der Waals surface area contributed by atoms with Gasteiger partial charge in [-0.15, -0.1) is 0 Å². The van der Waals surface area contributed by atoms with Crippen LogP contribution >= 0.6 is 0 Å². The lowest BCUT2D eigenvalue weighted by Gasteiger charge is -2.13. The summed E-state index contributed by atoms with van der Waals surface area (Å²) in [6.45, 7) is 1.32. The topological polar surface area (TPSA) is 46.3 Å². The average Bonchev–Trinajstić information content (AvgIpc) is 3.13. The van der Waals surface area contributed by atoms with Crippen LogP contribution in [-0.2, 0) is 6.54 Å². The van der Waals surface area contributed by atoms with Crippen molar-refractivity contribution in [3.05, 3.63) is 41.0 Å². The van der Waals surface area contributed by atoms with Crippen molar-refractivity contribution >= 4 is 12.0 Å². The molecular weight excluding hydrogens is 212 g/mol. The molecule has 0 spiro atoms. The van der Waals surface area contributed by atoms with Crippen molar-refractivity contribution in [2.24, 2.45) is 5.73 Å². The Labute approximate surface area is 101 Å². The van der Waals surface area contributed by atoms with Gasteiger partial charge in [-0.2, -0.15) is 0 Å². The van der Waals surface area contributed by atoms with Crippen LogP contribution in [-0.4, -0.2) is 23.4 Å². The minimum absolute atomic E-state index is 0.200. The fraction of sp³-hybridized carbons (Fsp3) is 0.357. The molecule has 1 aliphatic heterocycles. The van der Waals surface area contributed by atoms with Crippen molar-refractivity contribution in [2.45, 2.75) is 25.4 Å². The van der Waals surface area contributed by atoms with Gasteiger partial charge < -0.3 is 10.6 Å². The van der Waals surface area contributed by atoms with Gasteiger partial charge in [0.25, 0.3) is 5.91 Å². The van der Waals surface area contributed by atoms with E-state index in [9.17, 15) is 4.79 Å². The molecule has 0 bridgehead atoms. The molecule has 2 N–H and O–H groups in total. The molecule has 1 saturated carbocycles. The number of amides is 1. The highest BCUT2D eigenvalue weighted by Gasteiger charge is 2.37. The van der Waals surface area contributed by atoms with Gasteiger partial charge in [-0.25, -0.2) is 0 Å². The zero-order valence-corrected chi connectivity index (χ0v) is 9.73. The summed E-state index contributed by atoms with van der Waals surface area (Å²) >= 11 is 0. The normalized spacial score (nSPS) is 19.1. The number of hydrogen-bond acceptors (Lipinski definition) is 2. The number of nitrogens with zero attached hydrogens (tertiary/aromatic N) is 1. The molecule has 3 rings (SSSR count). The van der Waals surface area contributed by atoms with Crippen LogP contribution in [0.2, 0.25) is 0 Å². The molecule has 0 aromatic heterocycles.